The van der Waals surface area contributed by atoms with Crippen LogP contribution in [0.5, 0.6) is 0 Å². The normalized spacial score (nSPS) is 16.3. The van der Waals surface area contributed by atoms with Gasteiger partial charge in [0.15, 0.2) is 0 Å². The molecule has 0 bridgehead atoms. The molecule has 11 nitrogen and oxygen atoms in total. The molecule has 0 unspecified atom stereocenters. The zero-order chi connectivity index (χ0) is 38.3. The van der Waals surface area contributed by atoms with Crippen molar-refractivity contribution in [1.29, 1.82) is 0 Å². The van der Waals surface area contributed by atoms with Crippen molar-refractivity contribution in [3.05, 3.63) is 121 Å². The molecule has 4 atom stereocenters. The Balaban J connectivity index is 1.21. The number of ether oxygens (including phenoxy) is 3. The van der Waals surface area contributed by atoms with Crippen LogP contribution in [0.25, 0.3) is 11.1 Å². The SMILES string of the molecule is C=CCC[C@H](NC(=O)OCC1c2ccccc2-c2ccccc21)C(=O)OC[C@H](COCc1ccccc1)NC(=O)[C@H](CC=C)CC(=O)N1CCC[C@H]1CO. The number of carbonyl (C=O) groups is 4. The predicted molar refractivity (Wildman–Crippen MR) is 205 cm³/mol. The largest absolute Gasteiger partial charge is 0.462 e. The molecule has 11 heteroatoms. The Morgan fingerprint density at radius 3 is 2.22 bits per heavy atom. The van der Waals surface area contributed by atoms with E-state index in [-0.39, 0.29) is 70.2 Å². The van der Waals surface area contributed by atoms with Crippen LogP contribution < -0.4 is 10.6 Å². The van der Waals surface area contributed by atoms with E-state index >= 15 is 0 Å². The summed E-state index contributed by atoms with van der Waals surface area (Å²) in [6.07, 6.45) is 4.84. The number of benzene rings is 3. The number of carbonyl (C=O) groups excluding carboxylic acids is 4. The van der Waals surface area contributed by atoms with Crippen LogP contribution in [0, 0.1) is 5.92 Å². The maximum atomic E-state index is 13.6. The first kappa shape index (κ1) is 39.9. The van der Waals surface area contributed by atoms with E-state index in [2.05, 4.69) is 35.9 Å². The molecule has 0 spiro atoms. The van der Waals surface area contributed by atoms with Crippen LogP contribution >= 0.6 is 0 Å². The molecule has 286 valence electrons. The van der Waals surface area contributed by atoms with Gasteiger partial charge in [0.2, 0.25) is 11.8 Å². The van der Waals surface area contributed by atoms with Crippen LogP contribution in [0.15, 0.2) is 104 Å². The minimum atomic E-state index is -1.04. The maximum Gasteiger partial charge on any atom is 0.407 e. The van der Waals surface area contributed by atoms with Gasteiger partial charge in [-0.3, -0.25) is 9.59 Å². The highest BCUT2D eigenvalue weighted by Gasteiger charge is 2.33. The third-order valence-electron chi connectivity index (χ3n) is 9.93. The lowest BCUT2D eigenvalue weighted by atomic mass is 9.98. The molecule has 1 aliphatic carbocycles. The minimum absolute atomic E-state index is 0.0124. The van der Waals surface area contributed by atoms with Crippen LogP contribution in [-0.4, -0.2) is 85.0 Å². The zero-order valence-corrected chi connectivity index (χ0v) is 30.7. The van der Waals surface area contributed by atoms with E-state index in [9.17, 15) is 24.3 Å². The van der Waals surface area contributed by atoms with Gasteiger partial charge in [-0.2, -0.15) is 0 Å². The fourth-order valence-electron chi connectivity index (χ4n) is 7.11. The molecule has 5 rings (SSSR count). The highest BCUT2D eigenvalue weighted by molar-refractivity contribution is 5.86. The Kier molecular flexibility index (Phi) is 15.0. The predicted octanol–water partition coefficient (Wildman–Crippen LogP) is 5.67. The molecular formula is C43H51N3O8. The fraction of sp³-hybridized carbons (Fsp3) is 0.395. The van der Waals surface area contributed by atoms with E-state index in [0.29, 0.717) is 13.0 Å². The summed E-state index contributed by atoms with van der Waals surface area (Å²) in [7, 11) is 0. The van der Waals surface area contributed by atoms with E-state index < -0.39 is 36.0 Å². The Morgan fingerprint density at radius 1 is 0.870 bits per heavy atom. The summed E-state index contributed by atoms with van der Waals surface area (Å²) in [6, 6.07) is 23.5. The van der Waals surface area contributed by atoms with Crippen molar-refractivity contribution in [2.45, 2.75) is 69.2 Å². The molecular weight excluding hydrogens is 686 g/mol. The van der Waals surface area contributed by atoms with E-state index in [1.165, 1.54) is 0 Å². The quantitative estimate of drug-likeness (QED) is 0.0995. The van der Waals surface area contributed by atoms with Gasteiger partial charge in [0.25, 0.3) is 0 Å². The van der Waals surface area contributed by atoms with Crippen molar-refractivity contribution in [1.82, 2.24) is 15.5 Å². The lowest BCUT2D eigenvalue weighted by Crippen LogP contribution is -2.48. The average molecular weight is 738 g/mol. The number of esters is 1. The van der Waals surface area contributed by atoms with Crippen LogP contribution in [0.3, 0.4) is 0 Å². The number of allylic oxidation sites excluding steroid dienone is 2. The number of alkyl carbamates (subject to hydrolysis) is 1. The van der Waals surface area contributed by atoms with Crippen LogP contribution in [0.2, 0.25) is 0 Å². The molecule has 0 saturated carbocycles. The van der Waals surface area contributed by atoms with E-state index in [4.69, 9.17) is 14.2 Å². The molecule has 3 amide bonds. The zero-order valence-electron chi connectivity index (χ0n) is 30.7. The molecule has 0 radical (unpaired) electrons. The first-order valence-corrected chi connectivity index (χ1v) is 18.6. The smallest absolute Gasteiger partial charge is 0.407 e. The number of aliphatic hydroxyl groups excluding tert-OH is 1. The number of likely N-dealkylation sites (tertiary alicyclic amines) is 1. The first-order valence-electron chi connectivity index (χ1n) is 18.6. The fourth-order valence-corrected chi connectivity index (χ4v) is 7.11. The van der Waals surface area contributed by atoms with Gasteiger partial charge in [-0.15, -0.1) is 13.2 Å². The lowest BCUT2D eigenvalue weighted by Gasteiger charge is -2.26. The molecule has 1 aliphatic heterocycles. The monoisotopic (exact) mass is 737 g/mol. The van der Waals surface area contributed by atoms with Gasteiger partial charge in [0, 0.05) is 18.9 Å². The summed E-state index contributed by atoms with van der Waals surface area (Å²) < 4.78 is 17.3. The van der Waals surface area contributed by atoms with Gasteiger partial charge in [-0.05, 0) is 59.9 Å². The number of fused-ring (bicyclic) bond motifs is 3. The molecule has 1 heterocycles. The molecule has 3 N–H and O–H groups in total. The summed E-state index contributed by atoms with van der Waals surface area (Å²) in [5, 5.41) is 15.3. The van der Waals surface area contributed by atoms with E-state index in [1.54, 1.807) is 17.1 Å². The second-order valence-corrected chi connectivity index (χ2v) is 13.7. The molecule has 54 heavy (non-hydrogen) atoms. The third-order valence-corrected chi connectivity index (χ3v) is 9.93. The summed E-state index contributed by atoms with van der Waals surface area (Å²) in [4.78, 5) is 55.0. The van der Waals surface area contributed by atoms with Gasteiger partial charge in [0.05, 0.1) is 37.8 Å². The van der Waals surface area contributed by atoms with Gasteiger partial charge >= 0.3 is 12.1 Å². The number of hydrogen-bond acceptors (Lipinski definition) is 8. The Labute approximate surface area is 317 Å². The highest BCUT2D eigenvalue weighted by Crippen LogP contribution is 2.44. The van der Waals surface area contributed by atoms with Crippen molar-refractivity contribution >= 4 is 23.9 Å². The molecule has 1 fully saturated rings. The van der Waals surface area contributed by atoms with Crippen LogP contribution in [-0.2, 0) is 35.2 Å². The molecule has 1 saturated heterocycles. The van der Waals surface area contributed by atoms with Gasteiger partial charge in [-0.1, -0.05) is 91.0 Å². The molecule has 2 aliphatic rings. The number of amides is 3. The highest BCUT2D eigenvalue weighted by atomic mass is 16.6. The van der Waals surface area contributed by atoms with Crippen LogP contribution in [0.1, 0.15) is 61.1 Å². The van der Waals surface area contributed by atoms with E-state index in [1.807, 2.05) is 66.7 Å². The van der Waals surface area contributed by atoms with Crippen molar-refractivity contribution in [3.8, 4) is 11.1 Å². The lowest BCUT2D eigenvalue weighted by molar-refractivity contribution is -0.148. The van der Waals surface area contributed by atoms with Gasteiger partial charge < -0.3 is 34.9 Å². The third kappa shape index (κ3) is 10.7. The number of nitrogens with zero attached hydrogens (tertiary/aromatic N) is 1. The average Bonchev–Trinajstić information content (AvgIpc) is 3.80. The number of nitrogens with one attached hydrogen (secondary N) is 2. The molecule has 3 aromatic rings. The summed E-state index contributed by atoms with van der Waals surface area (Å²) >= 11 is 0. The van der Waals surface area contributed by atoms with Crippen molar-refractivity contribution in [2.24, 2.45) is 5.92 Å². The topological polar surface area (TPSA) is 144 Å². The van der Waals surface area contributed by atoms with E-state index in [0.717, 1.165) is 40.7 Å². The Bertz CT molecular complexity index is 1700. The maximum absolute atomic E-state index is 13.6. The first-order chi connectivity index (χ1) is 26.3. The molecule has 3 aromatic carbocycles. The number of rotatable bonds is 20. The second-order valence-electron chi connectivity index (χ2n) is 13.7. The molecule has 0 aromatic heterocycles. The Morgan fingerprint density at radius 2 is 1.56 bits per heavy atom. The second kappa shape index (κ2) is 20.3. The summed E-state index contributed by atoms with van der Waals surface area (Å²) in [5.74, 6) is -2.19. The van der Waals surface area contributed by atoms with Gasteiger partial charge in [0.1, 0.15) is 19.3 Å². The summed E-state index contributed by atoms with van der Waals surface area (Å²) in [5.41, 5.74) is 5.28. The minimum Gasteiger partial charge on any atom is -0.462 e. The van der Waals surface area contributed by atoms with Gasteiger partial charge in [-0.25, -0.2) is 9.59 Å². The summed E-state index contributed by atoms with van der Waals surface area (Å²) in [6.45, 7) is 8.05. The Hall–Kier alpha value is -5.26. The van der Waals surface area contributed by atoms with Crippen molar-refractivity contribution in [3.63, 3.8) is 0 Å². The number of aliphatic hydroxyl groups is 1. The van der Waals surface area contributed by atoms with Crippen LogP contribution in [0.4, 0.5) is 4.79 Å². The van der Waals surface area contributed by atoms with Crippen molar-refractivity contribution < 1.29 is 38.5 Å². The number of hydrogen-bond donors (Lipinski definition) is 3. The van der Waals surface area contributed by atoms with Crippen molar-refractivity contribution in [2.75, 3.05) is 33.0 Å². The standard InChI is InChI=1S/C43H51N3O8/c1-3-5-22-39(45-43(51)54-29-38-36-20-11-9-18-34(36)35-19-10-12-21-37(35)38)42(50)53-28-32(27-52-26-30-15-7-6-8-16-30)44-41(49)31(14-4-2)24-40(48)46-23-13-17-33(46)25-47/h3-4,6-12,15-16,18-21,31-33,38-39,47H,1-2,5,13-14,17,22-29H2,(H,44,49)(H,45,51)/t31-,32+,33+,39+/m1/s1.